The molecule has 0 heterocycles. The van der Waals surface area contributed by atoms with E-state index in [1.54, 1.807) is 22.6 Å². The Balaban J connectivity index is 3.68. The monoisotopic (exact) mass is 368 g/mol. The fourth-order valence-electron chi connectivity index (χ4n) is 0.251. The van der Waals surface area contributed by atoms with Crippen LogP contribution in [-0.4, -0.2) is 20.3 Å². The van der Waals surface area contributed by atoms with Crippen molar-refractivity contribution in [1.29, 1.82) is 0 Å². The van der Waals surface area contributed by atoms with Gasteiger partial charge in [-0.3, -0.25) is 9.59 Å². The Bertz CT molecular complexity index is 150. The average Bonchev–Trinajstić information content (AvgIpc) is 1.87. The molecule has 0 aromatic carbocycles. The van der Waals surface area contributed by atoms with E-state index in [9.17, 15) is 9.59 Å². The van der Waals surface area contributed by atoms with E-state index in [0.29, 0.717) is 4.43 Å². The summed E-state index contributed by atoms with van der Waals surface area (Å²) in [5.41, 5.74) is 4.88. The molecule has 0 fully saturated rings. The second kappa shape index (κ2) is 5.10. The summed E-state index contributed by atoms with van der Waals surface area (Å²) < 4.78 is -0.260. The van der Waals surface area contributed by atoms with Gasteiger partial charge in [-0.25, -0.2) is 0 Å². The van der Waals surface area contributed by atoms with E-state index >= 15 is 0 Å². The summed E-state index contributed by atoms with van der Waals surface area (Å²) in [6.45, 7) is 0. The van der Waals surface area contributed by atoms with E-state index in [1.807, 2.05) is 22.6 Å². The molecule has 0 radical (unpaired) electrons. The topological polar surface area (TPSA) is 72.2 Å². The fraction of sp³-hybridized carbons (Fsp3) is 0.500. The molecule has 0 aliphatic heterocycles. The molecule has 0 aliphatic rings. The number of carbonyl (C=O) groups is 2. The maximum Gasteiger partial charge on any atom is 0.250 e. The first-order chi connectivity index (χ1) is 4.57. The highest BCUT2D eigenvalue weighted by molar-refractivity contribution is 14.1. The smallest absolute Gasteiger partial charge is 0.250 e. The first-order valence-electron chi connectivity index (χ1n) is 2.36. The number of halogens is 2. The van der Waals surface area contributed by atoms with Gasteiger partial charge < -0.3 is 11.1 Å². The quantitative estimate of drug-likeness (QED) is 0.411. The summed E-state index contributed by atoms with van der Waals surface area (Å²) in [7, 11) is 0. The summed E-state index contributed by atoms with van der Waals surface area (Å²) in [6.07, 6.45) is 0. The van der Waals surface area contributed by atoms with Crippen LogP contribution in [0.15, 0.2) is 0 Å². The molecule has 1 atom stereocenters. The maximum absolute atomic E-state index is 10.6. The fourth-order valence-corrected chi connectivity index (χ4v) is 0.819. The van der Waals surface area contributed by atoms with Crippen LogP contribution in [0.5, 0.6) is 0 Å². The molecule has 2 amide bonds. The van der Waals surface area contributed by atoms with Crippen molar-refractivity contribution in [1.82, 2.24) is 5.32 Å². The molecule has 58 valence electrons. The van der Waals surface area contributed by atoms with Gasteiger partial charge in [0.15, 0.2) is 4.05 Å². The highest BCUT2D eigenvalue weighted by atomic mass is 127. The molecular formula is C4H6I2N2O2. The van der Waals surface area contributed by atoms with E-state index in [1.165, 1.54) is 0 Å². The zero-order chi connectivity index (χ0) is 8.15. The minimum absolute atomic E-state index is 0.182. The summed E-state index contributed by atoms with van der Waals surface area (Å²) >= 11 is 3.66. The van der Waals surface area contributed by atoms with Gasteiger partial charge in [-0.15, -0.1) is 0 Å². The minimum atomic E-state index is -0.597. The number of alkyl halides is 2. The molecule has 10 heavy (non-hydrogen) atoms. The number of hydrogen-bond acceptors (Lipinski definition) is 2. The van der Waals surface area contributed by atoms with Crippen molar-refractivity contribution in [3.05, 3.63) is 0 Å². The van der Waals surface area contributed by atoms with E-state index in [2.05, 4.69) is 5.32 Å². The van der Waals surface area contributed by atoms with Crippen molar-refractivity contribution in [3.63, 3.8) is 0 Å². The first-order valence-corrected chi connectivity index (χ1v) is 5.13. The van der Waals surface area contributed by atoms with E-state index in [0.717, 1.165) is 0 Å². The molecule has 0 spiro atoms. The maximum atomic E-state index is 10.6. The highest BCUT2D eigenvalue weighted by Gasteiger charge is 2.11. The third kappa shape index (κ3) is 4.25. The molecule has 6 heteroatoms. The molecule has 0 aromatic heterocycles. The number of primary amides is 1. The van der Waals surface area contributed by atoms with Crippen molar-refractivity contribution in [2.75, 3.05) is 4.43 Å². The van der Waals surface area contributed by atoms with Crippen LogP contribution < -0.4 is 11.1 Å². The normalized spacial score (nSPS) is 12.2. The Hall–Kier alpha value is 0.400. The standard InChI is InChI=1S/C4H6I2N2O2/c5-1-2(9)8-3(6)4(7)10/h3H,1H2,(H2,7,10)(H,8,9). The molecule has 0 saturated carbocycles. The lowest BCUT2D eigenvalue weighted by atomic mass is 10.6. The second-order valence-corrected chi connectivity index (χ2v) is 3.47. The van der Waals surface area contributed by atoms with Crippen LogP contribution in [0.1, 0.15) is 0 Å². The van der Waals surface area contributed by atoms with Gasteiger partial charge in [0.05, 0.1) is 4.43 Å². The first kappa shape index (κ1) is 10.4. The molecule has 4 nitrogen and oxygen atoms in total. The van der Waals surface area contributed by atoms with Crippen LogP contribution >= 0.6 is 45.2 Å². The summed E-state index contributed by atoms with van der Waals surface area (Å²) in [4.78, 5) is 20.9. The molecule has 0 bridgehead atoms. The number of rotatable bonds is 3. The van der Waals surface area contributed by atoms with Gasteiger partial charge in [0.25, 0.3) is 0 Å². The Labute approximate surface area is 85.6 Å². The zero-order valence-electron chi connectivity index (χ0n) is 4.93. The van der Waals surface area contributed by atoms with Gasteiger partial charge in [0.1, 0.15) is 0 Å². The van der Waals surface area contributed by atoms with Gasteiger partial charge >= 0.3 is 0 Å². The van der Waals surface area contributed by atoms with Crippen LogP contribution in [0.25, 0.3) is 0 Å². The average molecular weight is 368 g/mol. The highest BCUT2D eigenvalue weighted by Crippen LogP contribution is 1.94. The lowest BCUT2D eigenvalue weighted by molar-refractivity contribution is -0.123. The van der Waals surface area contributed by atoms with E-state index in [4.69, 9.17) is 5.73 Å². The van der Waals surface area contributed by atoms with Crippen LogP contribution in [0.3, 0.4) is 0 Å². The predicted molar refractivity (Wildman–Crippen MR) is 54.0 cm³/mol. The number of hydrogen-bond donors (Lipinski definition) is 2. The van der Waals surface area contributed by atoms with Crippen molar-refractivity contribution in [2.45, 2.75) is 4.05 Å². The largest absolute Gasteiger partial charge is 0.367 e. The van der Waals surface area contributed by atoms with E-state index in [-0.39, 0.29) is 5.91 Å². The molecule has 3 N–H and O–H groups in total. The van der Waals surface area contributed by atoms with Crippen molar-refractivity contribution in [3.8, 4) is 0 Å². The minimum Gasteiger partial charge on any atom is -0.367 e. The number of nitrogens with two attached hydrogens (primary N) is 1. The number of nitrogens with one attached hydrogen (secondary N) is 1. The zero-order valence-corrected chi connectivity index (χ0v) is 9.25. The van der Waals surface area contributed by atoms with Gasteiger partial charge in [0.2, 0.25) is 11.8 Å². The van der Waals surface area contributed by atoms with Gasteiger partial charge in [-0.2, -0.15) is 0 Å². The van der Waals surface area contributed by atoms with Crippen molar-refractivity contribution >= 4 is 57.0 Å². The van der Waals surface area contributed by atoms with Crippen LogP contribution in [0.2, 0.25) is 0 Å². The molecule has 1 unspecified atom stereocenters. The summed E-state index contributed by atoms with van der Waals surface area (Å²) in [5, 5.41) is 2.39. The van der Waals surface area contributed by atoms with Crippen LogP contribution in [0, 0.1) is 0 Å². The lowest BCUT2D eigenvalue weighted by Crippen LogP contribution is -2.40. The third-order valence-electron chi connectivity index (χ3n) is 0.659. The van der Waals surface area contributed by atoms with Gasteiger partial charge in [-0.05, 0) is 22.6 Å². The lowest BCUT2D eigenvalue weighted by Gasteiger charge is -2.05. The SMILES string of the molecule is NC(=O)C(I)NC(=O)CI. The summed E-state index contributed by atoms with van der Waals surface area (Å²) in [5.74, 6) is -0.711. The summed E-state index contributed by atoms with van der Waals surface area (Å²) in [6, 6.07) is 0. The Kier molecular flexibility index (Phi) is 5.31. The van der Waals surface area contributed by atoms with Crippen molar-refractivity contribution < 1.29 is 9.59 Å². The van der Waals surface area contributed by atoms with Crippen LogP contribution in [0.4, 0.5) is 0 Å². The number of amides is 2. The second-order valence-electron chi connectivity index (χ2n) is 1.47. The third-order valence-corrected chi connectivity index (χ3v) is 2.28. The van der Waals surface area contributed by atoms with Crippen LogP contribution in [-0.2, 0) is 9.59 Å². The Morgan fingerprint density at radius 2 is 2.10 bits per heavy atom. The van der Waals surface area contributed by atoms with Gasteiger partial charge in [-0.1, -0.05) is 22.6 Å². The Morgan fingerprint density at radius 1 is 1.60 bits per heavy atom. The predicted octanol–water partition coefficient (Wildman–Crippen LogP) is -0.216. The molecular weight excluding hydrogens is 362 g/mol. The molecule has 0 rings (SSSR count). The van der Waals surface area contributed by atoms with Crippen molar-refractivity contribution in [2.24, 2.45) is 5.73 Å². The van der Waals surface area contributed by atoms with Gasteiger partial charge in [0, 0.05) is 0 Å². The van der Waals surface area contributed by atoms with E-state index < -0.39 is 9.96 Å². The molecule has 0 aromatic rings. The molecule has 0 saturated heterocycles. The number of carbonyl (C=O) groups excluding carboxylic acids is 2. The Morgan fingerprint density at radius 3 is 2.40 bits per heavy atom. The molecule has 0 aliphatic carbocycles.